The normalized spacial score (nSPS) is 12.7. The van der Waals surface area contributed by atoms with Gasteiger partial charge in [-0.25, -0.2) is 0 Å². The molecule has 0 aliphatic carbocycles. The first kappa shape index (κ1) is 21.3. The lowest BCUT2D eigenvalue weighted by atomic mass is 9.86. The van der Waals surface area contributed by atoms with Gasteiger partial charge in [-0.15, -0.1) is 0 Å². The smallest absolute Gasteiger partial charge is 0.0273 e. The molecule has 0 amide bonds. The second-order valence-corrected chi connectivity index (χ2v) is 10.2. The number of hydrogen-bond donors (Lipinski definition) is 0. The van der Waals surface area contributed by atoms with E-state index in [4.69, 9.17) is 0 Å². The molecule has 0 aliphatic heterocycles. The van der Waals surface area contributed by atoms with E-state index in [1.165, 1.54) is 56.9 Å². The molecule has 1 rings (SSSR count). The Morgan fingerprint density at radius 3 is 1.67 bits per heavy atom. The Kier molecular flexibility index (Phi) is 8.03. The van der Waals surface area contributed by atoms with E-state index in [-0.39, 0.29) is 0 Å². The Hall–Kier alpha value is -0.780. The van der Waals surface area contributed by atoms with Crippen LogP contribution in [-0.2, 0) is 12.8 Å². The Balaban J connectivity index is 2.63. The van der Waals surface area contributed by atoms with Gasteiger partial charge in [0, 0.05) is 0 Å². The molecule has 0 aliphatic rings. The van der Waals surface area contributed by atoms with Gasteiger partial charge in [-0.05, 0) is 85.5 Å². The van der Waals surface area contributed by atoms with Crippen molar-refractivity contribution in [3.05, 3.63) is 34.4 Å². The molecule has 0 nitrogen and oxygen atoms in total. The van der Waals surface area contributed by atoms with E-state index in [0.717, 1.165) is 0 Å². The van der Waals surface area contributed by atoms with Crippen molar-refractivity contribution in [2.24, 2.45) is 10.8 Å². The van der Waals surface area contributed by atoms with E-state index in [9.17, 15) is 0 Å². The van der Waals surface area contributed by atoms with Gasteiger partial charge in [-0.2, -0.15) is 0 Å². The molecule has 24 heavy (non-hydrogen) atoms. The molecular weight excluding hydrogens is 288 g/mol. The third kappa shape index (κ3) is 8.36. The van der Waals surface area contributed by atoms with Crippen LogP contribution in [-0.4, -0.2) is 0 Å². The SMILES string of the molecule is Cc1ccc(CCCCC(C)(C)C)c(CCCCC(C)(C)C)c1C. The summed E-state index contributed by atoms with van der Waals surface area (Å²) in [4.78, 5) is 0. The third-order valence-electron chi connectivity index (χ3n) is 5.19. The topological polar surface area (TPSA) is 0 Å². The number of hydrogen-bond acceptors (Lipinski definition) is 0. The van der Waals surface area contributed by atoms with Crippen molar-refractivity contribution in [3.8, 4) is 0 Å². The largest absolute Gasteiger partial charge is 0.0602 e. The minimum Gasteiger partial charge on any atom is -0.0602 e. The second kappa shape index (κ2) is 9.07. The molecular formula is C24H42. The molecule has 1 aromatic rings. The fraction of sp³-hybridized carbons (Fsp3) is 0.750. The van der Waals surface area contributed by atoms with Crippen LogP contribution in [0.1, 0.15) is 102 Å². The van der Waals surface area contributed by atoms with Crippen molar-refractivity contribution in [1.82, 2.24) is 0 Å². The van der Waals surface area contributed by atoms with E-state index >= 15 is 0 Å². The maximum absolute atomic E-state index is 2.40. The van der Waals surface area contributed by atoms with Crippen LogP contribution in [0.5, 0.6) is 0 Å². The summed E-state index contributed by atoms with van der Waals surface area (Å²) in [5.41, 5.74) is 7.21. The molecule has 138 valence electrons. The summed E-state index contributed by atoms with van der Waals surface area (Å²) in [7, 11) is 0. The minimum atomic E-state index is 0.470. The van der Waals surface area contributed by atoms with Crippen LogP contribution in [0.3, 0.4) is 0 Å². The molecule has 0 heteroatoms. The fourth-order valence-corrected chi connectivity index (χ4v) is 3.44. The van der Waals surface area contributed by atoms with Crippen molar-refractivity contribution >= 4 is 0 Å². The Morgan fingerprint density at radius 2 is 1.17 bits per heavy atom. The fourth-order valence-electron chi connectivity index (χ4n) is 3.44. The molecule has 1 aromatic carbocycles. The zero-order valence-electron chi connectivity index (χ0n) is 17.8. The number of benzene rings is 1. The molecule has 0 atom stereocenters. The molecule has 0 fully saturated rings. The van der Waals surface area contributed by atoms with Crippen LogP contribution >= 0.6 is 0 Å². The monoisotopic (exact) mass is 330 g/mol. The zero-order valence-corrected chi connectivity index (χ0v) is 17.8. The first-order valence-electron chi connectivity index (χ1n) is 10.1. The van der Waals surface area contributed by atoms with Crippen molar-refractivity contribution < 1.29 is 0 Å². The Morgan fingerprint density at radius 1 is 0.667 bits per heavy atom. The number of aryl methyl sites for hydroxylation is 2. The van der Waals surface area contributed by atoms with Gasteiger partial charge >= 0.3 is 0 Å². The average molecular weight is 331 g/mol. The van der Waals surface area contributed by atoms with Crippen LogP contribution in [0.15, 0.2) is 12.1 Å². The van der Waals surface area contributed by atoms with E-state index < -0.39 is 0 Å². The predicted molar refractivity (Wildman–Crippen MR) is 110 cm³/mol. The molecule has 0 heterocycles. The summed E-state index contributed by atoms with van der Waals surface area (Å²) in [6, 6.07) is 4.73. The predicted octanol–water partition coefficient (Wildman–Crippen LogP) is 7.82. The maximum Gasteiger partial charge on any atom is -0.0273 e. The van der Waals surface area contributed by atoms with E-state index in [2.05, 4.69) is 67.5 Å². The molecule has 0 radical (unpaired) electrons. The van der Waals surface area contributed by atoms with Crippen molar-refractivity contribution in [2.45, 2.75) is 107 Å². The van der Waals surface area contributed by atoms with Gasteiger partial charge in [-0.3, -0.25) is 0 Å². The number of rotatable bonds is 8. The standard InChI is InChI=1S/C24H42/c1-19-15-16-21(13-9-11-17-23(3,4)5)22(20(19)2)14-10-12-18-24(6,7)8/h15-16H,9-14,17-18H2,1-8H3. The Bertz CT molecular complexity index is 494. The highest BCUT2D eigenvalue weighted by molar-refractivity contribution is 5.40. The lowest BCUT2D eigenvalue weighted by molar-refractivity contribution is 0.359. The van der Waals surface area contributed by atoms with Gasteiger partial charge in [-0.1, -0.05) is 66.5 Å². The molecule has 0 N–H and O–H groups in total. The summed E-state index contributed by atoms with van der Waals surface area (Å²) < 4.78 is 0. The van der Waals surface area contributed by atoms with Gasteiger partial charge in [0.05, 0.1) is 0 Å². The highest BCUT2D eigenvalue weighted by Gasteiger charge is 2.13. The molecule has 0 saturated carbocycles. The highest BCUT2D eigenvalue weighted by Crippen LogP contribution is 2.27. The van der Waals surface area contributed by atoms with Crippen LogP contribution in [0, 0.1) is 24.7 Å². The first-order chi connectivity index (χ1) is 11.0. The molecule has 0 spiro atoms. The Labute approximate surface area is 152 Å². The van der Waals surface area contributed by atoms with E-state index in [1.807, 2.05) is 0 Å². The zero-order chi connectivity index (χ0) is 18.4. The maximum atomic E-state index is 2.40. The van der Waals surface area contributed by atoms with Crippen LogP contribution in [0.2, 0.25) is 0 Å². The quantitative estimate of drug-likeness (QED) is 0.426. The lowest BCUT2D eigenvalue weighted by Crippen LogP contribution is -2.06. The average Bonchev–Trinajstić information content (AvgIpc) is 2.43. The summed E-state index contributed by atoms with van der Waals surface area (Å²) in [5, 5.41) is 0. The second-order valence-electron chi connectivity index (χ2n) is 10.2. The summed E-state index contributed by atoms with van der Waals surface area (Å²) in [5.74, 6) is 0. The van der Waals surface area contributed by atoms with Crippen LogP contribution < -0.4 is 0 Å². The van der Waals surface area contributed by atoms with Gasteiger partial charge in [0.25, 0.3) is 0 Å². The van der Waals surface area contributed by atoms with Gasteiger partial charge in [0.15, 0.2) is 0 Å². The van der Waals surface area contributed by atoms with E-state index in [0.29, 0.717) is 10.8 Å². The molecule has 0 saturated heterocycles. The van der Waals surface area contributed by atoms with Crippen molar-refractivity contribution in [2.75, 3.05) is 0 Å². The highest BCUT2D eigenvalue weighted by atomic mass is 14.2. The van der Waals surface area contributed by atoms with Crippen LogP contribution in [0.25, 0.3) is 0 Å². The minimum absolute atomic E-state index is 0.470. The van der Waals surface area contributed by atoms with Crippen LogP contribution in [0.4, 0.5) is 0 Å². The van der Waals surface area contributed by atoms with Crippen molar-refractivity contribution in [3.63, 3.8) is 0 Å². The third-order valence-corrected chi connectivity index (χ3v) is 5.19. The van der Waals surface area contributed by atoms with Crippen molar-refractivity contribution in [1.29, 1.82) is 0 Å². The summed E-state index contributed by atoms with van der Waals surface area (Å²) >= 11 is 0. The molecule has 0 bridgehead atoms. The summed E-state index contributed by atoms with van der Waals surface area (Å²) in [6.07, 6.45) is 10.5. The first-order valence-corrected chi connectivity index (χ1v) is 10.1. The van der Waals surface area contributed by atoms with E-state index in [1.54, 1.807) is 16.7 Å². The lowest BCUT2D eigenvalue weighted by Gasteiger charge is -2.20. The van der Waals surface area contributed by atoms with Gasteiger partial charge in [0.1, 0.15) is 0 Å². The van der Waals surface area contributed by atoms with Gasteiger partial charge < -0.3 is 0 Å². The summed E-state index contributed by atoms with van der Waals surface area (Å²) in [6.45, 7) is 18.7. The number of unbranched alkanes of at least 4 members (excludes halogenated alkanes) is 2. The molecule has 0 unspecified atom stereocenters. The molecule has 0 aromatic heterocycles. The van der Waals surface area contributed by atoms with Gasteiger partial charge in [0.2, 0.25) is 0 Å².